The number of hydrogen-bond acceptors (Lipinski definition) is 1. The second kappa shape index (κ2) is 6.90. The summed E-state index contributed by atoms with van der Waals surface area (Å²) in [5, 5.41) is 3.12. The van der Waals surface area contributed by atoms with Crippen LogP contribution in [0.25, 0.3) is 5.57 Å². The summed E-state index contributed by atoms with van der Waals surface area (Å²) < 4.78 is 0. The fourth-order valence-electron chi connectivity index (χ4n) is 2.60. The molecule has 0 radical (unpaired) electrons. The van der Waals surface area contributed by atoms with Crippen molar-refractivity contribution in [3.63, 3.8) is 0 Å². The Kier molecular flexibility index (Phi) is 5.18. The zero-order valence-corrected chi connectivity index (χ0v) is 13.4. The number of nitrogens with one attached hydrogen (secondary N) is 2. The van der Waals surface area contributed by atoms with Gasteiger partial charge in [-0.15, -0.1) is 0 Å². The second-order valence-corrected chi connectivity index (χ2v) is 6.51. The second-order valence-electron chi connectivity index (χ2n) is 6.51. The lowest BCUT2D eigenvalue weighted by atomic mass is 9.99. The van der Waals surface area contributed by atoms with Crippen LogP contribution in [-0.2, 0) is 4.79 Å². The molecule has 1 aromatic rings. The van der Waals surface area contributed by atoms with Gasteiger partial charge in [-0.05, 0) is 37.5 Å². The van der Waals surface area contributed by atoms with Crippen molar-refractivity contribution >= 4 is 11.5 Å². The summed E-state index contributed by atoms with van der Waals surface area (Å²) in [7, 11) is 0. The van der Waals surface area contributed by atoms with Crippen molar-refractivity contribution in [1.29, 1.82) is 0 Å². The van der Waals surface area contributed by atoms with Crippen LogP contribution in [0, 0.1) is 0 Å². The fraction of sp³-hybridized carbons (Fsp3) is 0.500. The lowest BCUT2D eigenvalue weighted by Gasteiger charge is -2.27. The van der Waals surface area contributed by atoms with Crippen molar-refractivity contribution < 1.29 is 9.69 Å². The van der Waals surface area contributed by atoms with Crippen LogP contribution in [-0.4, -0.2) is 31.1 Å². The third kappa shape index (κ3) is 4.71. The molecule has 3 nitrogen and oxygen atoms in total. The number of amides is 1. The summed E-state index contributed by atoms with van der Waals surface area (Å²) in [6.07, 6.45) is 4.28. The average Bonchev–Trinajstić information content (AvgIpc) is 2.48. The maximum atomic E-state index is 12.1. The third-order valence-corrected chi connectivity index (χ3v) is 4.30. The Morgan fingerprint density at radius 3 is 2.57 bits per heavy atom. The summed E-state index contributed by atoms with van der Waals surface area (Å²) in [5.41, 5.74) is 2.62. The van der Waals surface area contributed by atoms with Crippen molar-refractivity contribution in [3.8, 4) is 0 Å². The minimum atomic E-state index is -0.0999. The first kappa shape index (κ1) is 15.8. The number of carbonyl (C=O) groups excluding carboxylic acids is 1. The van der Waals surface area contributed by atoms with Crippen LogP contribution >= 0.6 is 0 Å². The van der Waals surface area contributed by atoms with Crippen LogP contribution in [0.5, 0.6) is 0 Å². The van der Waals surface area contributed by atoms with E-state index in [1.54, 1.807) is 0 Å². The molecule has 1 aromatic carbocycles. The van der Waals surface area contributed by atoms with Gasteiger partial charge in [0.1, 0.15) is 0 Å². The maximum absolute atomic E-state index is 12.1. The van der Waals surface area contributed by atoms with E-state index >= 15 is 0 Å². The van der Waals surface area contributed by atoms with Gasteiger partial charge in [0.05, 0.1) is 13.1 Å². The Morgan fingerprint density at radius 2 is 2.00 bits per heavy atom. The van der Waals surface area contributed by atoms with Gasteiger partial charge in [-0.25, -0.2) is 0 Å². The van der Waals surface area contributed by atoms with Gasteiger partial charge in [0.15, 0.2) is 6.54 Å². The number of carbonyl (C=O) groups is 1. The van der Waals surface area contributed by atoms with Gasteiger partial charge in [0.25, 0.3) is 5.91 Å². The van der Waals surface area contributed by atoms with Gasteiger partial charge in [-0.2, -0.15) is 0 Å². The van der Waals surface area contributed by atoms with E-state index < -0.39 is 0 Å². The van der Waals surface area contributed by atoms with Crippen LogP contribution in [0.4, 0.5) is 0 Å². The van der Waals surface area contributed by atoms with Gasteiger partial charge in [0.2, 0.25) is 0 Å². The minimum absolute atomic E-state index is 0.0999. The lowest BCUT2D eigenvalue weighted by molar-refractivity contribution is -0.886. The number of rotatable bonds is 5. The highest BCUT2D eigenvalue weighted by Crippen LogP contribution is 2.17. The molecule has 0 aromatic heterocycles. The number of hydrogen-bond donors (Lipinski definition) is 2. The third-order valence-electron chi connectivity index (χ3n) is 4.30. The standard InChI is InChI=1S/C18H26N2O/c1-4-18(2,3)19-17(21)14-20-12-10-16(11-13-20)15-8-6-5-7-9-15/h5-10H,4,11-14H2,1-3H3,(H,19,21)/p+1. The van der Waals surface area contributed by atoms with Gasteiger partial charge >= 0.3 is 0 Å². The lowest BCUT2D eigenvalue weighted by Crippen LogP contribution is -3.13. The van der Waals surface area contributed by atoms with E-state index in [2.05, 4.69) is 56.4 Å². The smallest absolute Gasteiger partial charge is 0.275 e. The molecular formula is C18H27N2O+. The predicted octanol–water partition coefficient (Wildman–Crippen LogP) is 1.66. The molecule has 3 heteroatoms. The Morgan fingerprint density at radius 1 is 1.29 bits per heavy atom. The Hall–Kier alpha value is -1.61. The molecule has 1 atom stereocenters. The quantitative estimate of drug-likeness (QED) is 0.848. The van der Waals surface area contributed by atoms with E-state index in [1.165, 1.54) is 16.0 Å². The van der Waals surface area contributed by atoms with Crippen molar-refractivity contribution in [3.05, 3.63) is 42.0 Å². The van der Waals surface area contributed by atoms with Crippen molar-refractivity contribution in [1.82, 2.24) is 5.32 Å². The molecule has 0 saturated heterocycles. The molecular weight excluding hydrogens is 260 g/mol. The summed E-state index contributed by atoms with van der Waals surface area (Å²) >= 11 is 0. The Labute approximate surface area is 128 Å². The van der Waals surface area contributed by atoms with Crippen LogP contribution in [0.3, 0.4) is 0 Å². The molecule has 1 aliphatic rings. The molecule has 1 unspecified atom stereocenters. The Balaban J connectivity index is 1.87. The maximum Gasteiger partial charge on any atom is 0.275 e. The molecule has 0 spiro atoms. The summed E-state index contributed by atoms with van der Waals surface area (Å²) in [6.45, 7) is 8.78. The van der Waals surface area contributed by atoms with E-state index in [4.69, 9.17) is 0 Å². The van der Waals surface area contributed by atoms with Gasteiger partial charge < -0.3 is 10.2 Å². The monoisotopic (exact) mass is 287 g/mol. The molecule has 21 heavy (non-hydrogen) atoms. The fourth-order valence-corrected chi connectivity index (χ4v) is 2.60. The first-order valence-electron chi connectivity index (χ1n) is 7.89. The van der Waals surface area contributed by atoms with E-state index in [0.29, 0.717) is 6.54 Å². The van der Waals surface area contributed by atoms with Crippen LogP contribution in [0.2, 0.25) is 0 Å². The molecule has 0 fully saturated rings. The first-order valence-corrected chi connectivity index (χ1v) is 7.89. The molecule has 0 aliphatic carbocycles. The van der Waals surface area contributed by atoms with Crippen LogP contribution in [0.1, 0.15) is 39.2 Å². The normalized spacial score (nSPS) is 19.0. The molecule has 1 heterocycles. The molecule has 0 saturated carbocycles. The highest BCUT2D eigenvalue weighted by molar-refractivity contribution is 5.77. The predicted molar refractivity (Wildman–Crippen MR) is 87.1 cm³/mol. The molecule has 2 N–H and O–H groups in total. The Bertz CT molecular complexity index is 505. The van der Waals surface area contributed by atoms with Crippen LogP contribution < -0.4 is 10.2 Å². The summed E-state index contributed by atoms with van der Waals surface area (Å²) in [4.78, 5) is 13.4. The molecule has 1 aliphatic heterocycles. The largest absolute Gasteiger partial charge is 0.346 e. The van der Waals surface area contributed by atoms with Gasteiger partial charge in [-0.3, -0.25) is 4.79 Å². The van der Waals surface area contributed by atoms with Crippen molar-refractivity contribution in [2.75, 3.05) is 19.6 Å². The molecule has 114 valence electrons. The zero-order valence-electron chi connectivity index (χ0n) is 13.4. The highest BCUT2D eigenvalue weighted by atomic mass is 16.2. The SMILES string of the molecule is CCC(C)(C)NC(=O)C[NH+]1CC=C(c2ccccc2)CC1. The molecule has 2 rings (SSSR count). The van der Waals surface area contributed by atoms with E-state index in [9.17, 15) is 4.79 Å². The number of benzene rings is 1. The number of quaternary nitrogens is 1. The van der Waals surface area contributed by atoms with E-state index in [0.717, 1.165) is 25.9 Å². The summed E-state index contributed by atoms with van der Waals surface area (Å²) in [5.74, 6) is 0.161. The van der Waals surface area contributed by atoms with E-state index in [1.807, 2.05) is 6.07 Å². The average molecular weight is 287 g/mol. The molecule has 0 bridgehead atoms. The summed E-state index contributed by atoms with van der Waals surface area (Å²) in [6, 6.07) is 10.5. The zero-order chi connectivity index (χ0) is 15.3. The highest BCUT2D eigenvalue weighted by Gasteiger charge is 2.23. The van der Waals surface area contributed by atoms with Gasteiger partial charge in [0, 0.05) is 12.0 Å². The van der Waals surface area contributed by atoms with E-state index in [-0.39, 0.29) is 11.4 Å². The van der Waals surface area contributed by atoms with Gasteiger partial charge in [-0.1, -0.05) is 37.3 Å². The topological polar surface area (TPSA) is 33.5 Å². The van der Waals surface area contributed by atoms with Crippen molar-refractivity contribution in [2.24, 2.45) is 0 Å². The van der Waals surface area contributed by atoms with Crippen LogP contribution in [0.15, 0.2) is 36.4 Å². The minimum Gasteiger partial charge on any atom is -0.346 e. The first-order chi connectivity index (χ1) is 10.00. The molecule has 1 amide bonds. The van der Waals surface area contributed by atoms with Crippen molar-refractivity contribution in [2.45, 2.75) is 39.2 Å².